The van der Waals surface area contributed by atoms with Crippen LogP contribution in [0.15, 0.2) is 70.9 Å². The topological polar surface area (TPSA) is 66.9 Å². The van der Waals surface area contributed by atoms with Crippen molar-refractivity contribution < 1.29 is 26.7 Å². The number of sulfonamides is 1. The third-order valence-electron chi connectivity index (χ3n) is 5.09. The first kappa shape index (κ1) is 26.0. The van der Waals surface area contributed by atoms with Crippen molar-refractivity contribution in [3.8, 4) is 0 Å². The Labute approximate surface area is 202 Å². The molecule has 0 radical (unpaired) electrons. The molecule has 1 amide bonds. The lowest BCUT2D eigenvalue weighted by atomic mass is 10.2. The summed E-state index contributed by atoms with van der Waals surface area (Å²) in [5.41, 5.74) is 0.721. The van der Waals surface area contributed by atoms with Gasteiger partial charge in [0.25, 0.3) is 0 Å². The Morgan fingerprint density at radius 3 is 2.21 bits per heavy atom. The number of carbonyl (C=O) groups excluding carboxylic acids is 1. The lowest BCUT2D eigenvalue weighted by Crippen LogP contribution is -2.43. The van der Waals surface area contributed by atoms with Gasteiger partial charge in [-0.25, -0.2) is 17.2 Å². The number of benzene rings is 2. The molecule has 0 saturated carbocycles. The van der Waals surface area contributed by atoms with Crippen molar-refractivity contribution in [3.63, 3.8) is 0 Å². The molecule has 0 N–H and O–H groups in total. The minimum Gasteiger partial charge on any atom is -0.385 e. The molecule has 3 rings (SSSR count). The van der Waals surface area contributed by atoms with Gasteiger partial charge in [0, 0.05) is 31.7 Å². The third kappa shape index (κ3) is 7.17. The van der Waals surface area contributed by atoms with E-state index in [2.05, 4.69) is 0 Å². The zero-order valence-corrected chi connectivity index (χ0v) is 20.3. The summed E-state index contributed by atoms with van der Waals surface area (Å²) in [7, 11) is -2.54. The van der Waals surface area contributed by atoms with Crippen LogP contribution in [-0.2, 0) is 32.6 Å². The van der Waals surface area contributed by atoms with E-state index in [1.807, 2.05) is 17.5 Å². The summed E-state index contributed by atoms with van der Waals surface area (Å²) in [6.45, 7) is 0.465. The van der Waals surface area contributed by atoms with Gasteiger partial charge in [-0.05, 0) is 59.8 Å². The zero-order chi connectivity index (χ0) is 24.6. The van der Waals surface area contributed by atoms with Crippen LogP contribution >= 0.6 is 11.3 Å². The zero-order valence-electron chi connectivity index (χ0n) is 18.7. The molecule has 0 aliphatic heterocycles. The van der Waals surface area contributed by atoms with E-state index in [-0.39, 0.29) is 30.3 Å². The van der Waals surface area contributed by atoms with Gasteiger partial charge in [-0.1, -0.05) is 18.2 Å². The smallest absolute Gasteiger partial charge is 0.243 e. The van der Waals surface area contributed by atoms with Crippen LogP contribution in [0, 0.1) is 11.6 Å². The maximum absolute atomic E-state index is 13.4. The number of thiophene rings is 1. The van der Waals surface area contributed by atoms with Gasteiger partial charge in [0.1, 0.15) is 11.6 Å². The lowest BCUT2D eigenvalue weighted by Gasteiger charge is -2.27. The van der Waals surface area contributed by atoms with Crippen molar-refractivity contribution in [1.82, 2.24) is 9.21 Å². The van der Waals surface area contributed by atoms with E-state index >= 15 is 0 Å². The predicted octanol–water partition coefficient (Wildman–Crippen LogP) is 4.28. The Hall–Kier alpha value is -2.66. The molecule has 0 spiro atoms. The molecule has 2 aromatic carbocycles. The van der Waals surface area contributed by atoms with E-state index in [1.54, 1.807) is 17.0 Å². The lowest BCUT2D eigenvalue weighted by molar-refractivity contribution is -0.132. The number of hydrogen-bond donors (Lipinski definition) is 0. The van der Waals surface area contributed by atoms with Gasteiger partial charge < -0.3 is 9.64 Å². The number of carbonyl (C=O) groups is 1. The van der Waals surface area contributed by atoms with Gasteiger partial charge in [-0.3, -0.25) is 4.79 Å². The number of hydrogen-bond acceptors (Lipinski definition) is 5. The maximum Gasteiger partial charge on any atom is 0.243 e. The monoisotopic (exact) mass is 508 g/mol. The fourth-order valence-corrected chi connectivity index (χ4v) is 5.46. The minimum absolute atomic E-state index is 0.0582. The minimum atomic E-state index is -4.05. The largest absolute Gasteiger partial charge is 0.385 e. The van der Waals surface area contributed by atoms with E-state index in [1.165, 1.54) is 42.7 Å². The second-order valence-corrected chi connectivity index (χ2v) is 10.6. The van der Waals surface area contributed by atoms with E-state index in [9.17, 15) is 22.0 Å². The van der Waals surface area contributed by atoms with Crippen molar-refractivity contribution in [3.05, 3.63) is 88.1 Å². The molecule has 182 valence electrons. The number of amides is 1. The Balaban J connectivity index is 1.84. The summed E-state index contributed by atoms with van der Waals surface area (Å²) in [5, 5.41) is 1.89. The first-order chi connectivity index (χ1) is 16.3. The highest BCUT2D eigenvalue weighted by molar-refractivity contribution is 7.89. The highest BCUT2D eigenvalue weighted by Gasteiger charge is 2.28. The highest BCUT2D eigenvalue weighted by atomic mass is 32.2. The van der Waals surface area contributed by atoms with Crippen LogP contribution in [0.4, 0.5) is 8.78 Å². The Kier molecular flexibility index (Phi) is 9.28. The SMILES string of the molecule is COCCCN(CC(=O)N(Cc1ccc(F)cc1)Cc1cccs1)S(=O)(=O)c1ccc(F)cc1. The molecule has 0 fully saturated rings. The molecule has 34 heavy (non-hydrogen) atoms. The maximum atomic E-state index is 13.4. The van der Waals surface area contributed by atoms with Crippen molar-refractivity contribution in [2.75, 3.05) is 26.8 Å². The third-order valence-corrected chi connectivity index (χ3v) is 7.81. The first-order valence-electron chi connectivity index (χ1n) is 10.6. The van der Waals surface area contributed by atoms with Crippen LogP contribution in [0.2, 0.25) is 0 Å². The molecule has 0 atom stereocenters. The number of ether oxygens (including phenoxy) is 1. The van der Waals surface area contributed by atoms with Gasteiger partial charge in [0.05, 0.1) is 18.0 Å². The van der Waals surface area contributed by atoms with E-state index < -0.39 is 28.3 Å². The van der Waals surface area contributed by atoms with Crippen molar-refractivity contribution in [1.29, 1.82) is 0 Å². The highest BCUT2D eigenvalue weighted by Crippen LogP contribution is 2.19. The summed E-state index contributed by atoms with van der Waals surface area (Å²) < 4.78 is 59.3. The van der Waals surface area contributed by atoms with E-state index in [4.69, 9.17) is 4.74 Å². The van der Waals surface area contributed by atoms with Crippen LogP contribution in [-0.4, -0.2) is 50.3 Å². The number of rotatable bonds is 12. The summed E-state index contributed by atoms with van der Waals surface area (Å²) in [6.07, 6.45) is 0.382. The summed E-state index contributed by atoms with van der Waals surface area (Å²) in [4.78, 5) is 15.8. The molecule has 0 saturated heterocycles. The van der Waals surface area contributed by atoms with Gasteiger partial charge in [-0.15, -0.1) is 11.3 Å². The molecule has 0 unspecified atom stereocenters. The number of nitrogens with zero attached hydrogens (tertiary/aromatic N) is 2. The molecule has 1 heterocycles. The van der Waals surface area contributed by atoms with Crippen molar-refractivity contribution >= 4 is 27.3 Å². The molecule has 10 heteroatoms. The molecule has 1 aromatic heterocycles. The molecule has 0 aliphatic carbocycles. The van der Waals surface area contributed by atoms with Crippen LogP contribution in [0.5, 0.6) is 0 Å². The Morgan fingerprint density at radius 1 is 0.971 bits per heavy atom. The van der Waals surface area contributed by atoms with Gasteiger partial charge in [0.15, 0.2) is 0 Å². The Bertz CT molecular complexity index is 1150. The van der Waals surface area contributed by atoms with E-state index in [0.717, 1.165) is 26.9 Å². The fraction of sp³-hybridized carbons (Fsp3) is 0.292. The second kappa shape index (κ2) is 12.2. The summed E-state index contributed by atoms with van der Waals surface area (Å²) >= 11 is 1.48. The van der Waals surface area contributed by atoms with Crippen LogP contribution in [0.3, 0.4) is 0 Å². The average Bonchev–Trinajstić information content (AvgIpc) is 3.33. The van der Waals surface area contributed by atoms with Crippen molar-refractivity contribution in [2.45, 2.75) is 24.4 Å². The van der Waals surface area contributed by atoms with Gasteiger partial charge >= 0.3 is 0 Å². The molecule has 6 nitrogen and oxygen atoms in total. The molecule has 0 bridgehead atoms. The predicted molar refractivity (Wildman–Crippen MR) is 127 cm³/mol. The second-order valence-electron chi connectivity index (χ2n) is 7.59. The molecular formula is C24H26F2N2O4S2. The summed E-state index contributed by atoms with van der Waals surface area (Å²) in [6, 6.07) is 14.1. The molecule has 3 aromatic rings. The average molecular weight is 509 g/mol. The molecule has 0 aliphatic rings. The normalized spacial score (nSPS) is 11.6. The number of halogens is 2. The van der Waals surface area contributed by atoms with Crippen LogP contribution in [0.1, 0.15) is 16.9 Å². The van der Waals surface area contributed by atoms with Gasteiger partial charge in [-0.2, -0.15) is 4.31 Å². The summed E-state index contributed by atoms with van der Waals surface area (Å²) in [5.74, 6) is -1.34. The number of methoxy groups -OCH3 is 1. The van der Waals surface area contributed by atoms with Gasteiger partial charge in [0.2, 0.25) is 15.9 Å². The van der Waals surface area contributed by atoms with Crippen molar-refractivity contribution in [2.24, 2.45) is 0 Å². The van der Waals surface area contributed by atoms with Crippen LogP contribution < -0.4 is 0 Å². The Morgan fingerprint density at radius 2 is 1.62 bits per heavy atom. The van der Waals surface area contributed by atoms with Crippen LogP contribution in [0.25, 0.3) is 0 Å². The van der Waals surface area contributed by atoms with E-state index in [0.29, 0.717) is 13.0 Å². The standard InChI is InChI=1S/C24H26F2N2O4S2/c1-32-14-3-13-28(34(30,31)23-11-9-21(26)10-12-23)18-24(29)27(17-22-4-2-15-33-22)16-19-5-7-20(25)8-6-19/h2,4-12,15H,3,13-14,16-18H2,1H3. The first-order valence-corrected chi connectivity index (χ1v) is 12.9. The fourth-order valence-electron chi connectivity index (χ4n) is 3.31. The quantitative estimate of drug-likeness (QED) is 0.343. The molecular weight excluding hydrogens is 482 g/mol.